The summed E-state index contributed by atoms with van der Waals surface area (Å²) in [4.78, 5) is 25.1. The maximum Gasteiger partial charge on any atom is 0.265 e. The van der Waals surface area contributed by atoms with Crippen LogP contribution in [0, 0.1) is 0 Å². The predicted molar refractivity (Wildman–Crippen MR) is 98.5 cm³/mol. The lowest BCUT2D eigenvalue weighted by atomic mass is 10.1. The van der Waals surface area contributed by atoms with E-state index in [-0.39, 0.29) is 17.9 Å². The van der Waals surface area contributed by atoms with E-state index in [1.807, 2.05) is 11.4 Å². The van der Waals surface area contributed by atoms with Crippen molar-refractivity contribution >= 4 is 28.8 Å². The highest BCUT2D eigenvalue weighted by Crippen LogP contribution is 2.15. The molecule has 2 rings (SSSR count). The number of benzene rings is 1. The van der Waals surface area contributed by atoms with E-state index in [0.717, 1.165) is 19.3 Å². The molecule has 0 spiro atoms. The van der Waals surface area contributed by atoms with Crippen molar-refractivity contribution in [2.45, 2.75) is 32.2 Å². The summed E-state index contributed by atoms with van der Waals surface area (Å²) in [5, 5.41) is 7.61. The molecule has 1 aromatic heterocycles. The van der Waals surface area contributed by atoms with E-state index < -0.39 is 0 Å². The molecule has 0 radical (unpaired) electrons. The highest BCUT2D eigenvalue weighted by molar-refractivity contribution is 7.12. The number of hydrogen-bond acceptors (Lipinski definition) is 4. The zero-order chi connectivity index (χ0) is 17.4. The molecule has 2 aromatic rings. The Kier molecular flexibility index (Phi) is 6.96. The fourth-order valence-electron chi connectivity index (χ4n) is 2.31. The first-order chi connectivity index (χ1) is 11.6. The van der Waals surface area contributed by atoms with Crippen molar-refractivity contribution in [1.82, 2.24) is 5.32 Å². The van der Waals surface area contributed by atoms with E-state index in [1.54, 1.807) is 30.3 Å². The second-order valence-electron chi connectivity index (χ2n) is 5.56. The average molecular weight is 345 g/mol. The van der Waals surface area contributed by atoms with Crippen LogP contribution < -0.4 is 16.4 Å². The van der Waals surface area contributed by atoms with Crippen LogP contribution in [0.15, 0.2) is 41.8 Å². The van der Waals surface area contributed by atoms with Gasteiger partial charge in [-0.2, -0.15) is 0 Å². The molecule has 1 unspecified atom stereocenters. The number of nitrogens with two attached hydrogens (primary N) is 1. The third kappa shape index (κ3) is 5.18. The molecule has 0 aliphatic carbocycles. The largest absolute Gasteiger partial charge is 0.348 e. The fourth-order valence-corrected chi connectivity index (χ4v) is 2.93. The zero-order valence-corrected chi connectivity index (χ0v) is 14.6. The molecule has 0 aliphatic rings. The average Bonchev–Trinajstić information content (AvgIpc) is 3.13. The van der Waals surface area contributed by atoms with Crippen LogP contribution in [-0.2, 0) is 0 Å². The van der Waals surface area contributed by atoms with Gasteiger partial charge in [0.05, 0.1) is 4.88 Å². The molecule has 24 heavy (non-hydrogen) atoms. The fraction of sp³-hybridized carbons (Fsp3) is 0.333. The molecule has 0 saturated carbocycles. The van der Waals surface area contributed by atoms with Gasteiger partial charge in [0.15, 0.2) is 0 Å². The van der Waals surface area contributed by atoms with E-state index >= 15 is 0 Å². The Bertz CT molecular complexity index is 671. The van der Waals surface area contributed by atoms with Gasteiger partial charge in [-0.25, -0.2) is 0 Å². The van der Waals surface area contributed by atoms with E-state index in [4.69, 9.17) is 5.73 Å². The minimum Gasteiger partial charge on any atom is -0.348 e. The van der Waals surface area contributed by atoms with Gasteiger partial charge in [-0.05, 0) is 36.1 Å². The van der Waals surface area contributed by atoms with Gasteiger partial charge in [0.2, 0.25) is 0 Å². The smallest absolute Gasteiger partial charge is 0.265 e. The third-order valence-electron chi connectivity index (χ3n) is 3.65. The van der Waals surface area contributed by atoms with Crippen LogP contribution in [-0.4, -0.2) is 24.4 Å². The molecule has 4 N–H and O–H groups in total. The summed E-state index contributed by atoms with van der Waals surface area (Å²) in [6.45, 7) is 2.52. The quantitative estimate of drug-likeness (QED) is 0.686. The summed E-state index contributed by atoms with van der Waals surface area (Å²) in [6, 6.07) is 10.5. The Morgan fingerprint density at radius 1 is 1.21 bits per heavy atom. The number of carbonyl (C=O) groups is 2. The molecule has 2 amide bonds. The number of thiophene rings is 1. The Balaban J connectivity index is 2.01. The lowest BCUT2D eigenvalue weighted by molar-refractivity contribution is 0.0934. The first-order valence-electron chi connectivity index (χ1n) is 8.10. The minimum atomic E-state index is -0.176. The van der Waals surface area contributed by atoms with Gasteiger partial charge in [0.1, 0.15) is 0 Å². The monoisotopic (exact) mass is 345 g/mol. The molecule has 5 nitrogen and oxygen atoms in total. The van der Waals surface area contributed by atoms with Crippen molar-refractivity contribution in [2.24, 2.45) is 5.73 Å². The SMILES string of the molecule is CCCCC(CN)NC(=O)c1cccc(NC(=O)c2cccs2)c1. The van der Waals surface area contributed by atoms with Crippen LogP contribution in [0.4, 0.5) is 5.69 Å². The molecule has 128 valence electrons. The summed E-state index contributed by atoms with van der Waals surface area (Å²) < 4.78 is 0. The second-order valence-corrected chi connectivity index (χ2v) is 6.51. The Hall–Kier alpha value is -2.18. The standard InChI is InChI=1S/C18H23N3O2S/c1-2-3-7-15(12-19)21-17(22)13-6-4-8-14(11-13)20-18(23)16-9-5-10-24-16/h4-6,8-11,15H,2-3,7,12,19H2,1H3,(H,20,23)(H,21,22). The number of hydrogen-bond donors (Lipinski definition) is 3. The van der Waals surface area contributed by atoms with Crippen molar-refractivity contribution in [3.63, 3.8) is 0 Å². The van der Waals surface area contributed by atoms with E-state index in [0.29, 0.717) is 22.7 Å². The molecule has 1 aromatic carbocycles. The number of amides is 2. The summed E-state index contributed by atoms with van der Waals surface area (Å²) in [5.74, 6) is -0.348. The lowest BCUT2D eigenvalue weighted by Crippen LogP contribution is -2.40. The first-order valence-corrected chi connectivity index (χ1v) is 8.97. The van der Waals surface area contributed by atoms with Gasteiger partial charge < -0.3 is 16.4 Å². The maximum absolute atomic E-state index is 12.4. The molecule has 0 aliphatic heterocycles. The van der Waals surface area contributed by atoms with E-state index in [1.165, 1.54) is 11.3 Å². The van der Waals surface area contributed by atoms with Gasteiger partial charge >= 0.3 is 0 Å². The van der Waals surface area contributed by atoms with Crippen LogP contribution in [0.3, 0.4) is 0 Å². The Labute approximate surface area is 146 Å². The van der Waals surface area contributed by atoms with Crippen molar-refractivity contribution in [3.8, 4) is 0 Å². The van der Waals surface area contributed by atoms with Crippen molar-refractivity contribution in [3.05, 3.63) is 52.2 Å². The molecular weight excluding hydrogens is 322 g/mol. The summed E-state index contributed by atoms with van der Waals surface area (Å²) in [7, 11) is 0. The highest BCUT2D eigenvalue weighted by atomic mass is 32.1. The van der Waals surface area contributed by atoms with Gasteiger partial charge in [-0.15, -0.1) is 11.3 Å². The number of rotatable bonds is 8. The molecule has 0 bridgehead atoms. The van der Waals surface area contributed by atoms with Crippen LogP contribution in [0.25, 0.3) is 0 Å². The van der Waals surface area contributed by atoms with Gasteiger partial charge in [-0.3, -0.25) is 9.59 Å². The molecule has 0 fully saturated rings. The molecule has 1 heterocycles. The van der Waals surface area contributed by atoms with Crippen LogP contribution in [0.1, 0.15) is 46.2 Å². The van der Waals surface area contributed by atoms with Crippen molar-refractivity contribution in [1.29, 1.82) is 0 Å². The summed E-state index contributed by atoms with van der Waals surface area (Å²) in [5.41, 5.74) is 6.82. The highest BCUT2D eigenvalue weighted by Gasteiger charge is 2.13. The third-order valence-corrected chi connectivity index (χ3v) is 4.52. The molecule has 6 heteroatoms. The Morgan fingerprint density at radius 3 is 2.71 bits per heavy atom. The maximum atomic E-state index is 12.4. The number of unbranched alkanes of at least 4 members (excludes halogenated alkanes) is 1. The van der Waals surface area contributed by atoms with Crippen molar-refractivity contribution < 1.29 is 9.59 Å². The van der Waals surface area contributed by atoms with Gasteiger partial charge in [0.25, 0.3) is 11.8 Å². The number of anilines is 1. The minimum absolute atomic E-state index is 0.0261. The van der Waals surface area contributed by atoms with Crippen molar-refractivity contribution in [2.75, 3.05) is 11.9 Å². The normalized spacial score (nSPS) is 11.8. The van der Waals surface area contributed by atoms with E-state index in [9.17, 15) is 9.59 Å². The molecule has 0 saturated heterocycles. The molecule has 1 atom stereocenters. The van der Waals surface area contributed by atoms with Crippen LogP contribution in [0.5, 0.6) is 0 Å². The van der Waals surface area contributed by atoms with E-state index in [2.05, 4.69) is 17.6 Å². The first kappa shape index (κ1) is 18.2. The number of nitrogens with one attached hydrogen (secondary N) is 2. The number of carbonyl (C=O) groups excluding carboxylic acids is 2. The van der Waals surface area contributed by atoms with Gasteiger partial charge in [0, 0.05) is 23.8 Å². The topological polar surface area (TPSA) is 84.2 Å². The summed E-state index contributed by atoms with van der Waals surface area (Å²) >= 11 is 1.37. The van der Waals surface area contributed by atoms with Crippen LogP contribution in [0.2, 0.25) is 0 Å². The second kappa shape index (κ2) is 9.20. The molecular formula is C18H23N3O2S. The van der Waals surface area contributed by atoms with Gasteiger partial charge in [-0.1, -0.05) is 31.9 Å². The Morgan fingerprint density at radius 2 is 2.04 bits per heavy atom. The lowest BCUT2D eigenvalue weighted by Gasteiger charge is -2.16. The van der Waals surface area contributed by atoms with Crippen LogP contribution >= 0.6 is 11.3 Å². The summed E-state index contributed by atoms with van der Waals surface area (Å²) in [6.07, 6.45) is 2.96. The predicted octanol–water partition coefficient (Wildman–Crippen LogP) is 3.25. The zero-order valence-electron chi connectivity index (χ0n) is 13.7.